The summed E-state index contributed by atoms with van der Waals surface area (Å²) in [5.41, 5.74) is 3.12. The van der Waals surface area contributed by atoms with Crippen molar-refractivity contribution in [3.05, 3.63) is 40.9 Å². The summed E-state index contributed by atoms with van der Waals surface area (Å²) in [5.74, 6) is -0.228. The van der Waals surface area contributed by atoms with Gasteiger partial charge in [-0.2, -0.15) is 0 Å². The number of benzene rings is 1. The molecule has 0 amide bonds. The van der Waals surface area contributed by atoms with Crippen molar-refractivity contribution in [2.45, 2.75) is 27.2 Å². The van der Waals surface area contributed by atoms with Crippen molar-refractivity contribution < 1.29 is 9.53 Å². The highest BCUT2D eigenvalue weighted by Crippen LogP contribution is 2.30. The van der Waals surface area contributed by atoms with Gasteiger partial charge in [0.25, 0.3) is 0 Å². The monoisotopic (exact) mass is 304 g/mol. The summed E-state index contributed by atoms with van der Waals surface area (Å²) >= 11 is 1.55. The molecule has 0 bridgehead atoms. The molecule has 0 fully saturated rings. The highest BCUT2D eigenvalue weighted by molar-refractivity contribution is 7.13. The van der Waals surface area contributed by atoms with E-state index < -0.39 is 0 Å². The molecule has 0 saturated carbocycles. The van der Waals surface area contributed by atoms with Crippen molar-refractivity contribution in [2.24, 2.45) is 0 Å². The molecule has 0 N–H and O–H groups in total. The molecule has 5 heteroatoms. The van der Waals surface area contributed by atoms with Crippen molar-refractivity contribution in [2.75, 3.05) is 18.1 Å². The zero-order valence-electron chi connectivity index (χ0n) is 12.6. The van der Waals surface area contributed by atoms with Crippen LogP contribution in [-0.4, -0.2) is 24.1 Å². The van der Waals surface area contributed by atoms with E-state index in [4.69, 9.17) is 4.74 Å². The number of nitrogens with zero attached hydrogens (tertiary/aromatic N) is 2. The SMILES string of the molecule is CCOC(=O)Cc1csc(N(CC)c2ccccc2C)n1. The van der Waals surface area contributed by atoms with Gasteiger partial charge in [-0.25, -0.2) is 4.98 Å². The van der Waals surface area contributed by atoms with Crippen LogP contribution < -0.4 is 4.90 Å². The highest BCUT2D eigenvalue weighted by Gasteiger charge is 2.15. The van der Waals surface area contributed by atoms with Gasteiger partial charge in [0.15, 0.2) is 5.13 Å². The van der Waals surface area contributed by atoms with Gasteiger partial charge in [-0.15, -0.1) is 11.3 Å². The van der Waals surface area contributed by atoms with Crippen molar-refractivity contribution >= 4 is 28.1 Å². The van der Waals surface area contributed by atoms with Crippen LogP contribution in [0.5, 0.6) is 0 Å². The van der Waals surface area contributed by atoms with Crippen LogP contribution in [0.4, 0.5) is 10.8 Å². The van der Waals surface area contributed by atoms with Gasteiger partial charge in [0.2, 0.25) is 0 Å². The summed E-state index contributed by atoms with van der Waals surface area (Å²) in [4.78, 5) is 18.2. The summed E-state index contributed by atoms with van der Waals surface area (Å²) in [6.45, 7) is 7.22. The van der Waals surface area contributed by atoms with E-state index in [0.29, 0.717) is 6.61 Å². The maximum atomic E-state index is 11.5. The molecule has 0 spiro atoms. The third-order valence-corrected chi connectivity index (χ3v) is 4.04. The van der Waals surface area contributed by atoms with Crippen molar-refractivity contribution in [3.63, 3.8) is 0 Å². The van der Waals surface area contributed by atoms with Gasteiger partial charge in [-0.1, -0.05) is 18.2 Å². The van der Waals surface area contributed by atoms with Gasteiger partial charge in [0.1, 0.15) is 0 Å². The number of rotatable bonds is 6. The van der Waals surface area contributed by atoms with Crippen LogP contribution in [0.3, 0.4) is 0 Å². The molecule has 1 aromatic heterocycles. The minimum absolute atomic E-state index is 0.228. The molecular weight excluding hydrogens is 284 g/mol. The molecule has 0 saturated heterocycles. The average molecular weight is 304 g/mol. The van der Waals surface area contributed by atoms with E-state index in [9.17, 15) is 4.79 Å². The Morgan fingerprint density at radius 2 is 2.10 bits per heavy atom. The summed E-state index contributed by atoms with van der Waals surface area (Å²) in [7, 11) is 0. The number of hydrogen-bond donors (Lipinski definition) is 0. The molecule has 1 aromatic carbocycles. The van der Waals surface area contributed by atoms with E-state index in [1.165, 1.54) is 5.56 Å². The maximum Gasteiger partial charge on any atom is 0.311 e. The Balaban J connectivity index is 2.19. The topological polar surface area (TPSA) is 42.4 Å². The zero-order valence-corrected chi connectivity index (χ0v) is 13.4. The van der Waals surface area contributed by atoms with Crippen LogP contribution in [0.1, 0.15) is 25.1 Å². The second-order valence-electron chi connectivity index (χ2n) is 4.63. The Morgan fingerprint density at radius 1 is 1.33 bits per heavy atom. The number of ether oxygens (including phenoxy) is 1. The number of anilines is 2. The molecule has 21 heavy (non-hydrogen) atoms. The quantitative estimate of drug-likeness (QED) is 0.763. The van der Waals surface area contributed by atoms with Crippen LogP contribution >= 0.6 is 11.3 Å². The van der Waals surface area contributed by atoms with Crippen molar-refractivity contribution in [3.8, 4) is 0 Å². The first-order chi connectivity index (χ1) is 10.2. The Morgan fingerprint density at radius 3 is 2.76 bits per heavy atom. The molecule has 112 valence electrons. The van der Waals surface area contributed by atoms with Gasteiger partial charge in [-0.3, -0.25) is 4.79 Å². The zero-order chi connectivity index (χ0) is 15.2. The Hall–Kier alpha value is -1.88. The molecule has 2 aromatic rings. The molecule has 0 unspecified atom stereocenters. The second-order valence-corrected chi connectivity index (χ2v) is 5.47. The first kappa shape index (κ1) is 15.5. The number of carbonyl (C=O) groups is 1. The molecule has 0 radical (unpaired) electrons. The molecular formula is C16H20N2O2S. The molecule has 2 rings (SSSR count). The molecule has 0 aliphatic heterocycles. The average Bonchev–Trinajstić information content (AvgIpc) is 2.90. The van der Waals surface area contributed by atoms with Crippen molar-refractivity contribution in [1.29, 1.82) is 0 Å². The summed E-state index contributed by atoms with van der Waals surface area (Å²) in [5, 5.41) is 2.83. The largest absolute Gasteiger partial charge is 0.466 e. The minimum atomic E-state index is -0.228. The normalized spacial score (nSPS) is 10.4. The van der Waals surface area contributed by atoms with E-state index >= 15 is 0 Å². The lowest BCUT2D eigenvalue weighted by atomic mass is 10.2. The van der Waals surface area contributed by atoms with E-state index in [0.717, 1.165) is 23.1 Å². The molecule has 0 atom stereocenters. The standard InChI is InChI=1S/C16H20N2O2S/c1-4-18(14-9-7-6-8-12(14)3)16-17-13(11-21-16)10-15(19)20-5-2/h6-9,11H,4-5,10H2,1-3H3. The van der Waals surface area contributed by atoms with Crippen LogP contribution in [-0.2, 0) is 16.0 Å². The van der Waals surface area contributed by atoms with Crippen molar-refractivity contribution in [1.82, 2.24) is 4.98 Å². The smallest absolute Gasteiger partial charge is 0.311 e. The summed E-state index contributed by atoms with van der Waals surface area (Å²) in [6.07, 6.45) is 0.232. The van der Waals surface area contributed by atoms with Gasteiger partial charge >= 0.3 is 5.97 Å². The van der Waals surface area contributed by atoms with E-state index in [1.807, 2.05) is 17.5 Å². The fourth-order valence-electron chi connectivity index (χ4n) is 2.14. The van der Waals surface area contributed by atoms with Crippen LogP contribution in [0.15, 0.2) is 29.6 Å². The van der Waals surface area contributed by atoms with Crippen LogP contribution in [0.25, 0.3) is 0 Å². The van der Waals surface area contributed by atoms with E-state index in [1.54, 1.807) is 18.3 Å². The highest BCUT2D eigenvalue weighted by atomic mass is 32.1. The van der Waals surface area contributed by atoms with Gasteiger partial charge in [0, 0.05) is 17.6 Å². The number of thiazole rings is 1. The number of hydrogen-bond acceptors (Lipinski definition) is 5. The third kappa shape index (κ3) is 3.82. The first-order valence-corrected chi connectivity index (χ1v) is 7.96. The second kappa shape index (κ2) is 7.22. The first-order valence-electron chi connectivity index (χ1n) is 7.08. The minimum Gasteiger partial charge on any atom is -0.466 e. The van der Waals surface area contributed by atoms with Crippen LogP contribution in [0, 0.1) is 6.92 Å². The van der Waals surface area contributed by atoms with Gasteiger partial charge in [-0.05, 0) is 32.4 Å². The Labute approximate surface area is 129 Å². The summed E-state index contributed by atoms with van der Waals surface area (Å²) < 4.78 is 4.96. The van der Waals surface area contributed by atoms with E-state index in [2.05, 4.69) is 35.9 Å². The van der Waals surface area contributed by atoms with Gasteiger partial charge in [0.05, 0.1) is 18.7 Å². The lowest BCUT2D eigenvalue weighted by molar-refractivity contribution is -0.142. The molecule has 0 aliphatic rings. The lowest BCUT2D eigenvalue weighted by Gasteiger charge is -2.21. The lowest BCUT2D eigenvalue weighted by Crippen LogP contribution is -2.17. The fourth-order valence-corrected chi connectivity index (χ4v) is 3.04. The van der Waals surface area contributed by atoms with E-state index in [-0.39, 0.29) is 12.4 Å². The fraction of sp³-hybridized carbons (Fsp3) is 0.375. The number of esters is 1. The number of aromatic nitrogens is 1. The Kier molecular flexibility index (Phi) is 5.33. The number of carbonyl (C=O) groups excluding carboxylic acids is 1. The number of aryl methyl sites for hydroxylation is 1. The maximum absolute atomic E-state index is 11.5. The van der Waals surface area contributed by atoms with Crippen LogP contribution in [0.2, 0.25) is 0 Å². The molecule has 0 aliphatic carbocycles. The van der Waals surface area contributed by atoms with Gasteiger partial charge < -0.3 is 9.64 Å². The molecule has 4 nitrogen and oxygen atoms in total. The third-order valence-electron chi connectivity index (χ3n) is 3.12. The predicted octanol–water partition coefficient (Wildman–Crippen LogP) is 3.72. The predicted molar refractivity (Wildman–Crippen MR) is 86.3 cm³/mol. The summed E-state index contributed by atoms with van der Waals surface area (Å²) in [6, 6.07) is 8.23. The number of para-hydroxylation sites is 1. The molecule has 1 heterocycles. The Bertz CT molecular complexity index is 610.